The van der Waals surface area contributed by atoms with Crippen molar-refractivity contribution in [1.82, 2.24) is 0 Å². The molecule has 1 aromatic rings. The topological polar surface area (TPSA) is 78.9 Å². The van der Waals surface area contributed by atoms with Crippen LogP contribution in [0.3, 0.4) is 0 Å². The zero-order chi connectivity index (χ0) is 22.3. The van der Waals surface area contributed by atoms with E-state index in [9.17, 15) is 14.4 Å². The van der Waals surface area contributed by atoms with Gasteiger partial charge < -0.3 is 14.2 Å². The predicted octanol–water partition coefficient (Wildman–Crippen LogP) is 5.24. The quantitative estimate of drug-likeness (QED) is 0.363. The molecule has 0 heterocycles. The first kappa shape index (κ1) is 23.6. The van der Waals surface area contributed by atoms with Crippen molar-refractivity contribution < 1.29 is 28.6 Å². The third kappa shape index (κ3) is 5.49. The highest BCUT2D eigenvalue weighted by Crippen LogP contribution is 2.42. The molecule has 0 fully saturated rings. The highest BCUT2D eigenvalue weighted by Gasteiger charge is 2.33. The standard InChI is InChI=1S/C24H32O6/c1-6-7-8-9-21(27)30-19(13-10-15(2)3)16-14-20(28-4)22-17(25)11-12-18(26)23(22)24(16)29-5/h11-12,14-15,19H,6-10,13H2,1-5H3. The molecule has 1 atom stereocenters. The van der Waals surface area contributed by atoms with E-state index < -0.39 is 6.10 Å². The molecule has 0 saturated heterocycles. The van der Waals surface area contributed by atoms with E-state index >= 15 is 0 Å². The molecule has 2 rings (SSSR count). The van der Waals surface area contributed by atoms with Crippen LogP contribution in [0.4, 0.5) is 0 Å². The second kappa shape index (κ2) is 11.0. The third-order valence-electron chi connectivity index (χ3n) is 5.19. The first-order chi connectivity index (χ1) is 14.3. The largest absolute Gasteiger partial charge is 0.496 e. The molecule has 1 unspecified atom stereocenters. The Morgan fingerprint density at radius 2 is 1.63 bits per heavy atom. The lowest BCUT2D eigenvalue weighted by atomic mass is 9.88. The van der Waals surface area contributed by atoms with Crippen molar-refractivity contribution in [1.29, 1.82) is 0 Å². The second-order valence-corrected chi connectivity index (χ2v) is 7.92. The minimum Gasteiger partial charge on any atom is -0.496 e. The van der Waals surface area contributed by atoms with E-state index in [1.54, 1.807) is 6.07 Å². The van der Waals surface area contributed by atoms with E-state index in [1.165, 1.54) is 26.4 Å². The fourth-order valence-corrected chi connectivity index (χ4v) is 3.58. The summed E-state index contributed by atoms with van der Waals surface area (Å²) in [7, 11) is 2.89. The van der Waals surface area contributed by atoms with Gasteiger partial charge in [0.15, 0.2) is 11.6 Å². The summed E-state index contributed by atoms with van der Waals surface area (Å²) in [5.74, 6) is 0.0185. The maximum atomic E-state index is 12.6. The lowest BCUT2D eigenvalue weighted by Crippen LogP contribution is -2.19. The van der Waals surface area contributed by atoms with Crippen LogP contribution in [0, 0.1) is 5.92 Å². The Morgan fingerprint density at radius 3 is 2.20 bits per heavy atom. The Hall–Kier alpha value is -2.63. The summed E-state index contributed by atoms with van der Waals surface area (Å²) in [5.41, 5.74) is 0.896. The molecule has 0 saturated carbocycles. The van der Waals surface area contributed by atoms with Gasteiger partial charge in [-0.25, -0.2) is 0 Å². The molecule has 30 heavy (non-hydrogen) atoms. The zero-order valence-corrected chi connectivity index (χ0v) is 18.6. The number of esters is 1. The van der Waals surface area contributed by atoms with Gasteiger partial charge in [0.2, 0.25) is 0 Å². The van der Waals surface area contributed by atoms with Gasteiger partial charge in [-0.15, -0.1) is 0 Å². The summed E-state index contributed by atoms with van der Waals surface area (Å²) in [6.45, 7) is 6.27. The summed E-state index contributed by atoms with van der Waals surface area (Å²) in [6, 6.07) is 1.66. The SMILES string of the molecule is CCCCCC(=O)OC(CCC(C)C)c1cc(OC)c2c(c1OC)C(=O)C=CC2=O. The lowest BCUT2D eigenvalue weighted by molar-refractivity contribution is -0.150. The number of benzene rings is 1. The van der Waals surface area contributed by atoms with E-state index in [2.05, 4.69) is 20.8 Å². The number of unbranched alkanes of at least 4 members (excludes halogenated alkanes) is 2. The number of ether oxygens (including phenoxy) is 3. The van der Waals surface area contributed by atoms with Gasteiger partial charge in [0, 0.05) is 12.0 Å². The van der Waals surface area contributed by atoms with Crippen LogP contribution < -0.4 is 9.47 Å². The maximum absolute atomic E-state index is 12.6. The lowest BCUT2D eigenvalue weighted by Gasteiger charge is -2.25. The monoisotopic (exact) mass is 416 g/mol. The van der Waals surface area contributed by atoms with Crippen LogP contribution >= 0.6 is 0 Å². The molecule has 1 aliphatic carbocycles. The van der Waals surface area contributed by atoms with Crippen LogP contribution in [0.2, 0.25) is 0 Å². The highest BCUT2D eigenvalue weighted by atomic mass is 16.5. The molecule has 1 aliphatic rings. The summed E-state index contributed by atoms with van der Waals surface area (Å²) in [5, 5.41) is 0. The number of carbonyl (C=O) groups is 3. The molecule has 6 heteroatoms. The number of methoxy groups -OCH3 is 2. The highest BCUT2D eigenvalue weighted by molar-refractivity contribution is 6.24. The number of hydrogen-bond acceptors (Lipinski definition) is 6. The van der Waals surface area contributed by atoms with Crippen molar-refractivity contribution in [3.63, 3.8) is 0 Å². The fraction of sp³-hybridized carbons (Fsp3) is 0.542. The van der Waals surface area contributed by atoms with Gasteiger partial charge in [-0.2, -0.15) is 0 Å². The molecule has 0 aromatic heterocycles. The summed E-state index contributed by atoms with van der Waals surface area (Å²) in [6.07, 6.45) is 6.37. The maximum Gasteiger partial charge on any atom is 0.306 e. The van der Waals surface area contributed by atoms with Gasteiger partial charge in [-0.1, -0.05) is 33.6 Å². The van der Waals surface area contributed by atoms with E-state index in [4.69, 9.17) is 14.2 Å². The molecule has 0 bridgehead atoms. The summed E-state index contributed by atoms with van der Waals surface area (Å²) in [4.78, 5) is 37.6. The minimum atomic E-state index is -0.593. The van der Waals surface area contributed by atoms with Gasteiger partial charge in [-0.3, -0.25) is 14.4 Å². The molecule has 0 radical (unpaired) electrons. The molecule has 1 aromatic carbocycles. The van der Waals surface area contributed by atoms with Crippen molar-refractivity contribution in [3.05, 3.63) is 34.9 Å². The van der Waals surface area contributed by atoms with Crippen molar-refractivity contribution in [2.75, 3.05) is 14.2 Å². The van der Waals surface area contributed by atoms with Crippen LogP contribution in [-0.4, -0.2) is 31.8 Å². The van der Waals surface area contributed by atoms with Crippen LogP contribution in [0.1, 0.15) is 91.7 Å². The molecule has 6 nitrogen and oxygen atoms in total. The molecule has 0 spiro atoms. The average molecular weight is 417 g/mol. The Morgan fingerprint density at radius 1 is 0.967 bits per heavy atom. The van der Waals surface area contributed by atoms with Crippen molar-refractivity contribution >= 4 is 17.5 Å². The van der Waals surface area contributed by atoms with Crippen LogP contribution in [-0.2, 0) is 9.53 Å². The zero-order valence-electron chi connectivity index (χ0n) is 18.6. The number of carbonyl (C=O) groups excluding carboxylic acids is 3. The number of allylic oxidation sites excluding steroid dienone is 2. The van der Waals surface area contributed by atoms with Crippen molar-refractivity contribution in [3.8, 4) is 11.5 Å². The third-order valence-corrected chi connectivity index (χ3v) is 5.19. The number of fused-ring (bicyclic) bond motifs is 1. The van der Waals surface area contributed by atoms with E-state index in [0.717, 1.165) is 25.7 Å². The van der Waals surface area contributed by atoms with Crippen LogP contribution in [0.5, 0.6) is 11.5 Å². The van der Waals surface area contributed by atoms with E-state index in [-0.39, 0.29) is 40.2 Å². The fourth-order valence-electron chi connectivity index (χ4n) is 3.58. The second-order valence-electron chi connectivity index (χ2n) is 7.92. The first-order valence-corrected chi connectivity index (χ1v) is 10.6. The van der Waals surface area contributed by atoms with Gasteiger partial charge in [0.1, 0.15) is 17.6 Å². The molecular weight excluding hydrogens is 384 g/mol. The summed E-state index contributed by atoms with van der Waals surface area (Å²) >= 11 is 0. The number of ketones is 2. The van der Waals surface area contributed by atoms with Gasteiger partial charge in [-0.05, 0) is 43.4 Å². The van der Waals surface area contributed by atoms with Crippen molar-refractivity contribution in [2.24, 2.45) is 5.92 Å². The Balaban J connectivity index is 2.51. The van der Waals surface area contributed by atoms with E-state index in [0.29, 0.717) is 24.3 Å². The molecule has 164 valence electrons. The van der Waals surface area contributed by atoms with Gasteiger partial charge in [0.25, 0.3) is 0 Å². The smallest absolute Gasteiger partial charge is 0.306 e. The normalized spacial score (nSPS) is 13.9. The van der Waals surface area contributed by atoms with Crippen molar-refractivity contribution in [2.45, 2.75) is 65.4 Å². The molecule has 0 amide bonds. The Kier molecular flexibility index (Phi) is 8.63. The Labute approximate surface area is 178 Å². The van der Waals surface area contributed by atoms with Gasteiger partial charge >= 0.3 is 5.97 Å². The van der Waals surface area contributed by atoms with Crippen LogP contribution in [0.25, 0.3) is 0 Å². The van der Waals surface area contributed by atoms with Crippen LogP contribution in [0.15, 0.2) is 18.2 Å². The van der Waals surface area contributed by atoms with Gasteiger partial charge in [0.05, 0.1) is 25.3 Å². The molecular formula is C24H32O6. The average Bonchev–Trinajstić information content (AvgIpc) is 2.72. The number of rotatable bonds is 11. The van der Waals surface area contributed by atoms with E-state index in [1.807, 2.05) is 0 Å². The summed E-state index contributed by atoms with van der Waals surface area (Å²) < 4.78 is 16.8. The Bertz CT molecular complexity index is 821. The number of hydrogen-bond donors (Lipinski definition) is 0. The molecule has 0 aliphatic heterocycles. The first-order valence-electron chi connectivity index (χ1n) is 10.6. The predicted molar refractivity (Wildman–Crippen MR) is 114 cm³/mol. The molecule has 0 N–H and O–H groups in total. The minimum absolute atomic E-state index is 0.163.